The van der Waals surface area contributed by atoms with Crippen molar-refractivity contribution >= 4 is 34.3 Å². The van der Waals surface area contributed by atoms with Crippen molar-refractivity contribution in [3.8, 4) is 0 Å². The van der Waals surface area contributed by atoms with Gasteiger partial charge in [0, 0.05) is 0 Å². The van der Waals surface area contributed by atoms with Crippen LogP contribution >= 0.6 is 11.8 Å². The molecule has 1 atom stereocenters. The third-order valence-electron chi connectivity index (χ3n) is 4.47. The van der Waals surface area contributed by atoms with Crippen LogP contribution in [0.3, 0.4) is 0 Å². The van der Waals surface area contributed by atoms with E-state index in [9.17, 15) is 0 Å². The standard InChI is InChI=1S/C20H29OS.Sn/c1-18(2,3)15-12-13-20(21-7,17(14-15)19(4,5)6)22-16-10-8-9-11-16;/h8,10,12,14H,9,13H2,1-7H3;. The molecule has 23 heavy (non-hydrogen) atoms. The molecule has 0 aromatic rings. The van der Waals surface area contributed by atoms with Gasteiger partial charge in [-0.25, -0.2) is 0 Å². The molecule has 0 saturated carbocycles. The average Bonchev–Trinajstić information content (AvgIpc) is 2.82. The van der Waals surface area contributed by atoms with E-state index in [1.807, 2.05) is 18.9 Å². The van der Waals surface area contributed by atoms with E-state index in [0.717, 1.165) is 12.8 Å². The van der Waals surface area contributed by atoms with E-state index in [-0.39, 0.29) is 15.8 Å². The van der Waals surface area contributed by atoms with Crippen LogP contribution < -0.4 is 0 Å². The first-order valence-corrected chi connectivity index (χ1v) is 10.5. The van der Waals surface area contributed by atoms with Gasteiger partial charge in [0.05, 0.1) is 0 Å². The molecule has 0 saturated heterocycles. The molecule has 0 N–H and O–H groups in total. The molecule has 3 heteroatoms. The summed E-state index contributed by atoms with van der Waals surface area (Å²) in [7, 11) is 1.87. The van der Waals surface area contributed by atoms with Gasteiger partial charge in [-0.15, -0.1) is 0 Å². The third-order valence-corrected chi connectivity index (χ3v) is 7.82. The number of hydrogen-bond acceptors (Lipinski definition) is 2. The summed E-state index contributed by atoms with van der Waals surface area (Å²) < 4.78 is 7.72. The number of rotatable bonds is 3. The first-order chi connectivity index (χ1) is 10.5. The monoisotopic (exact) mass is 437 g/mol. The summed E-state index contributed by atoms with van der Waals surface area (Å²) in [4.78, 5) is 1.13. The zero-order valence-electron chi connectivity index (χ0n) is 15.5. The van der Waals surface area contributed by atoms with Gasteiger partial charge >= 0.3 is 160 Å². The van der Waals surface area contributed by atoms with Crippen molar-refractivity contribution in [3.63, 3.8) is 0 Å². The summed E-state index contributed by atoms with van der Waals surface area (Å²) in [6.07, 6.45) is 11.4. The molecule has 0 fully saturated rings. The molecule has 3 radical (unpaired) electrons. The van der Waals surface area contributed by atoms with Gasteiger partial charge in [0.15, 0.2) is 0 Å². The van der Waals surface area contributed by atoms with Crippen LogP contribution in [0.4, 0.5) is 0 Å². The Hall–Kier alpha value is 0.0687. The first kappa shape index (κ1) is 19.4. The Bertz CT molecular complexity index is 596. The second kappa shape index (κ2) is 6.76. The van der Waals surface area contributed by atoms with E-state index in [0.29, 0.717) is 0 Å². The fourth-order valence-electron chi connectivity index (χ4n) is 3.08. The van der Waals surface area contributed by atoms with Gasteiger partial charge in [-0.05, 0) is 0 Å². The Balaban J connectivity index is 2.47. The minimum atomic E-state index is -0.279. The number of allylic oxidation sites excluding steroid dienone is 5. The van der Waals surface area contributed by atoms with Gasteiger partial charge in [-0.1, -0.05) is 0 Å². The van der Waals surface area contributed by atoms with Crippen LogP contribution in [0.2, 0.25) is 0 Å². The third kappa shape index (κ3) is 4.19. The zero-order valence-corrected chi connectivity index (χ0v) is 19.2. The Morgan fingerprint density at radius 3 is 2.22 bits per heavy atom. The van der Waals surface area contributed by atoms with E-state index >= 15 is 0 Å². The van der Waals surface area contributed by atoms with Gasteiger partial charge in [-0.2, -0.15) is 0 Å². The van der Waals surface area contributed by atoms with Gasteiger partial charge < -0.3 is 0 Å². The predicted octanol–water partition coefficient (Wildman–Crippen LogP) is 5.75. The van der Waals surface area contributed by atoms with Crippen LogP contribution in [0.15, 0.2) is 43.9 Å². The summed E-state index contributed by atoms with van der Waals surface area (Å²) in [6.45, 7) is 13.8. The molecular weight excluding hydrogens is 407 g/mol. The maximum atomic E-state index is 6.18. The Morgan fingerprint density at radius 2 is 1.78 bits per heavy atom. The molecule has 2 aliphatic carbocycles. The van der Waals surface area contributed by atoms with Gasteiger partial charge in [0.2, 0.25) is 0 Å². The van der Waals surface area contributed by atoms with Gasteiger partial charge in [-0.3, -0.25) is 0 Å². The molecule has 0 aromatic carbocycles. The van der Waals surface area contributed by atoms with Crippen molar-refractivity contribution < 1.29 is 4.74 Å². The Morgan fingerprint density at radius 1 is 1.13 bits per heavy atom. The van der Waals surface area contributed by atoms with Crippen molar-refractivity contribution in [2.75, 3.05) is 7.11 Å². The predicted molar refractivity (Wildman–Crippen MR) is 104 cm³/mol. The fourth-order valence-corrected chi connectivity index (χ4v) is 5.54. The van der Waals surface area contributed by atoms with Crippen LogP contribution in [-0.4, -0.2) is 34.6 Å². The number of thioether (sulfide) groups is 1. The van der Waals surface area contributed by atoms with Crippen molar-refractivity contribution in [2.24, 2.45) is 10.8 Å². The molecule has 0 heterocycles. The van der Waals surface area contributed by atoms with Gasteiger partial charge in [0.25, 0.3) is 0 Å². The van der Waals surface area contributed by atoms with Crippen LogP contribution in [-0.2, 0) is 4.74 Å². The summed E-state index contributed by atoms with van der Waals surface area (Å²) in [5, 5.41) is 0. The van der Waals surface area contributed by atoms with Crippen molar-refractivity contribution in [2.45, 2.75) is 59.3 Å². The summed E-state index contributed by atoms with van der Waals surface area (Å²) in [6, 6.07) is 0. The summed E-state index contributed by atoms with van der Waals surface area (Å²) in [5.41, 5.74) is 3.09. The maximum absolute atomic E-state index is 6.18. The van der Waals surface area contributed by atoms with Crippen molar-refractivity contribution in [1.29, 1.82) is 0 Å². The Kier molecular flexibility index (Phi) is 5.70. The van der Waals surface area contributed by atoms with Crippen LogP contribution in [0.25, 0.3) is 0 Å². The molecule has 125 valence electrons. The molecule has 0 bridgehead atoms. The first-order valence-electron chi connectivity index (χ1n) is 8.28. The summed E-state index contributed by atoms with van der Waals surface area (Å²) in [5.74, 6) is 0. The SMILES string of the molecule is COC1(SC2=[C]([Sn])CC=C2)CC=C(C(C)(C)C)C=C1C(C)(C)C. The number of methoxy groups -OCH3 is 1. The minimum absolute atomic E-state index is 0.0813. The van der Waals surface area contributed by atoms with E-state index < -0.39 is 0 Å². The van der Waals surface area contributed by atoms with Crippen LogP contribution in [0, 0.1) is 10.8 Å². The normalized spacial score (nSPS) is 25.7. The molecule has 2 rings (SSSR count). The van der Waals surface area contributed by atoms with E-state index in [1.54, 1.807) is 0 Å². The summed E-state index contributed by atoms with van der Waals surface area (Å²) >= 11 is 3.43. The molecule has 1 unspecified atom stereocenters. The number of hydrogen-bond donors (Lipinski definition) is 0. The van der Waals surface area contributed by atoms with Gasteiger partial charge in [0.1, 0.15) is 0 Å². The van der Waals surface area contributed by atoms with E-state index in [4.69, 9.17) is 4.74 Å². The molecule has 0 aromatic heterocycles. The molecular formula is C20H29OSSn. The van der Waals surface area contributed by atoms with Crippen LogP contribution in [0.5, 0.6) is 0 Å². The Labute approximate surface area is 159 Å². The topological polar surface area (TPSA) is 9.23 Å². The van der Waals surface area contributed by atoms with Crippen LogP contribution in [0.1, 0.15) is 54.4 Å². The molecule has 0 amide bonds. The fraction of sp³-hybridized carbons (Fsp3) is 0.600. The quantitative estimate of drug-likeness (QED) is 0.412. The van der Waals surface area contributed by atoms with Crippen molar-refractivity contribution in [3.05, 3.63) is 43.9 Å². The number of ether oxygens (including phenoxy) is 1. The second-order valence-corrected chi connectivity index (χ2v) is 11.5. The zero-order chi connectivity index (χ0) is 17.5. The molecule has 0 spiro atoms. The van der Waals surface area contributed by atoms with E-state index in [1.165, 1.54) is 42.2 Å². The van der Waals surface area contributed by atoms with Crippen molar-refractivity contribution in [1.82, 2.24) is 0 Å². The second-order valence-electron chi connectivity index (χ2n) is 8.43. The molecule has 2 aliphatic rings. The van der Waals surface area contributed by atoms with E-state index in [2.05, 4.69) is 65.8 Å². The molecule has 1 nitrogen and oxygen atoms in total. The average molecular weight is 436 g/mol. The molecule has 0 aliphatic heterocycles.